The SMILES string of the molecule is C=C.C=CC1CCC(C2CCC(c3ccc(CC)c(C)c3)CC2)CC1. The lowest BCUT2D eigenvalue weighted by Gasteiger charge is -2.37. The van der Waals surface area contributed by atoms with Crippen molar-refractivity contribution in [2.75, 3.05) is 0 Å². The molecule has 0 atom stereocenters. The predicted molar refractivity (Wildman–Crippen MR) is 112 cm³/mol. The Bertz CT molecular complexity index is 525. The van der Waals surface area contributed by atoms with Gasteiger partial charge in [0.05, 0.1) is 0 Å². The quantitative estimate of drug-likeness (QED) is 0.495. The zero-order valence-electron chi connectivity index (χ0n) is 16.6. The third-order valence-electron chi connectivity index (χ3n) is 6.81. The second-order valence-electron chi connectivity index (χ2n) is 8.06. The van der Waals surface area contributed by atoms with Gasteiger partial charge in [0.2, 0.25) is 0 Å². The van der Waals surface area contributed by atoms with Crippen molar-refractivity contribution < 1.29 is 0 Å². The lowest BCUT2D eigenvalue weighted by Crippen LogP contribution is -2.25. The minimum atomic E-state index is 0.808. The van der Waals surface area contributed by atoms with E-state index in [0.29, 0.717) is 0 Å². The number of rotatable bonds is 4. The van der Waals surface area contributed by atoms with Gasteiger partial charge in [-0.3, -0.25) is 0 Å². The summed E-state index contributed by atoms with van der Waals surface area (Å²) in [5.41, 5.74) is 4.62. The normalized spacial score (nSPS) is 29.4. The molecule has 2 fully saturated rings. The van der Waals surface area contributed by atoms with Crippen molar-refractivity contribution in [3.8, 4) is 0 Å². The van der Waals surface area contributed by atoms with Crippen molar-refractivity contribution in [2.24, 2.45) is 17.8 Å². The molecule has 1 aromatic carbocycles. The Morgan fingerprint density at radius 1 is 0.920 bits per heavy atom. The van der Waals surface area contributed by atoms with E-state index in [1.54, 1.807) is 5.56 Å². The van der Waals surface area contributed by atoms with Gasteiger partial charge in [0, 0.05) is 0 Å². The summed E-state index contributed by atoms with van der Waals surface area (Å²) in [6.07, 6.45) is 14.8. The maximum absolute atomic E-state index is 3.98. The van der Waals surface area contributed by atoms with Crippen LogP contribution in [0.4, 0.5) is 0 Å². The number of allylic oxidation sites excluding steroid dienone is 1. The molecule has 2 aliphatic carbocycles. The van der Waals surface area contributed by atoms with Gasteiger partial charge in [0.1, 0.15) is 0 Å². The van der Waals surface area contributed by atoms with Crippen LogP contribution >= 0.6 is 0 Å². The average Bonchev–Trinajstić information content (AvgIpc) is 2.69. The molecule has 0 radical (unpaired) electrons. The standard InChI is InChI=1S/C23H34.C2H4/c1-4-18-6-8-20(9-7-18)21-11-13-22(14-12-21)23-15-10-19(5-2)17(3)16-23;1-2/h4,10,15-16,18,20-22H,1,5-9,11-14H2,2-3H3;1-2H2. The van der Waals surface area contributed by atoms with Crippen LogP contribution in [0, 0.1) is 24.7 Å². The van der Waals surface area contributed by atoms with Crippen LogP contribution in [-0.4, -0.2) is 0 Å². The molecular weight excluding hydrogens is 300 g/mol. The highest BCUT2D eigenvalue weighted by molar-refractivity contribution is 5.33. The highest BCUT2D eigenvalue weighted by Gasteiger charge is 2.30. The summed E-state index contributed by atoms with van der Waals surface area (Å²) in [5, 5.41) is 0. The molecule has 138 valence electrons. The van der Waals surface area contributed by atoms with Crippen LogP contribution in [0.3, 0.4) is 0 Å². The first kappa shape index (κ1) is 20.0. The highest BCUT2D eigenvalue weighted by Crippen LogP contribution is 2.44. The topological polar surface area (TPSA) is 0 Å². The summed E-state index contributed by atoms with van der Waals surface area (Å²) in [5.74, 6) is 3.65. The van der Waals surface area contributed by atoms with Gasteiger partial charge in [-0.1, -0.05) is 31.2 Å². The average molecular weight is 339 g/mol. The molecule has 3 rings (SSSR count). The molecule has 0 aliphatic heterocycles. The van der Waals surface area contributed by atoms with E-state index in [1.807, 2.05) is 0 Å². The van der Waals surface area contributed by atoms with Crippen LogP contribution in [0.5, 0.6) is 0 Å². The van der Waals surface area contributed by atoms with Gasteiger partial charge in [0.15, 0.2) is 0 Å². The monoisotopic (exact) mass is 338 g/mol. The molecule has 0 bridgehead atoms. The first-order chi connectivity index (χ1) is 12.2. The Morgan fingerprint density at radius 2 is 1.48 bits per heavy atom. The Hall–Kier alpha value is -1.30. The molecule has 0 heteroatoms. The number of aryl methyl sites for hydroxylation is 2. The van der Waals surface area contributed by atoms with Gasteiger partial charge in [-0.15, -0.1) is 19.7 Å². The summed E-state index contributed by atoms with van der Waals surface area (Å²) >= 11 is 0. The van der Waals surface area contributed by atoms with Crippen LogP contribution < -0.4 is 0 Å². The second-order valence-corrected chi connectivity index (χ2v) is 8.06. The van der Waals surface area contributed by atoms with Crippen molar-refractivity contribution in [3.63, 3.8) is 0 Å². The first-order valence-electron chi connectivity index (χ1n) is 10.4. The molecule has 0 N–H and O–H groups in total. The smallest absolute Gasteiger partial charge is 0.0162 e. The van der Waals surface area contributed by atoms with E-state index in [4.69, 9.17) is 0 Å². The van der Waals surface area contributed by atoms with Crippen LogP contribution in [0.2, 0.25) is 0 Å². The van der Waals surface area contributed by atoms with Gasteiger partial charge in [-0.2, -0.15) is 0 Å². The number of hydrogen-bond donors (Lipinski definition) is 0. The van der Waals surface area contributed by atoms with Gasteiger partial charge in [-0.25, -0.2) is 0 Å². The molecular formula is C25H38. The molecule has 1 aromatic rings. The molecule has 0 spiro atoms. The van der Waals surface area contributed by atoms with E-state index >= 15 is 0 Å². The highest BCUT2D eigenvalue weighted by atomic mass is 14.4. The van der Waals surface area contributed by atoms with Crippen LogP contribution in [0.1, 0.15) is 80.9 Å². The summed E-state index contributed by atoms with van der Waals surface area (Å²) in [6.45, 7) is 14.5. The van der Waals surface area contributed by atoms with E-state index in [1.165, 1.54) is 62.5 Å². The molecule has 0 nitrogen and oxygen atoms in total. The third-order valence-corrected chi connectivity index (χ3v) is 6.81. The maximum Gasteiger partial charge on any atom is -0.0162 e. The van der Waals surface area contributed by atoms with Gasteiger partial charge < -0.3 is 0 Å². The minimum absolute atomic E-state index is 0.808. The summed E-state index contributed by atoms with van der Waals surface area (Å²) in [7, 11) is 0. The second kappa shape index (κ2) is 10.00. The Balaban J connectivity index is 0.00000109. The molecule has 0 heterocycles. The van der Waals surface area contributed by atoms with E-state index in [2.05, 4.69) is 57.9 Å². The lowest BCUT2D eigenvalue weighted by molar-refractivity contribution is 0.171. The van der Waals surface area contributed by atoms with Crippen molar-refractivity contribution in [1.82, 2.24) is 0 Å². The number of benzene rings is 1. The molecule has 0 saturated heterocycles. The van der Waals surface area contributed by atoms with Crippen LogP contribution in [-0.2, 0) is 6.42 Å². The van der Waals surface area contributed by atoms with E-state index in [-0.39, 0.29) is 0 Å². The molecule has 0 amide bonds. The van der Waals surface area contributed by atoms with Crippen molar-refractivity contribution in [1.29, 1.82) is 0 Å². The molecule has 25 heavy (non-hydrogen) atoms. The van der Waals surface area contributed by atoms with E-state index in [9.17, 15) is 0 Å². The Morgan fingerprint density at radius 3 is 1.96 bits per heavy atom. The third kappa shape index (κ3) is 5.09. The van der Waals surface area contributed by atoms with Crippen molar-refractivity contribution in [3.05, 3.63) is 60.7 Å². The number of hydrogen-bond acceptors (Lipinski definition) is 0. The Labute approximate surface area is 156 Å². The summed E-state index contributed by atoms with van der Waals surface area (Å²) in [4.78, 5) is 0. The molecule has 2 aliphatic rings. The maximum atomic E-state index is 3.98. The van der Waals surface area contributed by atoms with Crippen LogP contribution in [0.25, 0.3) is 0 Å². The van der Waals surface area contributed by atoms with Gasteiger partial charge in [-0.05, 0) is 105 Å². The molecule has 0 unspecified atom stereocenters. The fourth-order valence-electron chi connectivity index (χ4n) is 5.15. The molecule has 2 saturated carbocycles. The zero-order chi connectivity index (χ0) is 18.2. The lowest BCUT2D eigenvalue weighted by atomic mass is 9.68. The van der Waals surface area contributed by atoms with E-state index in [0.717, 1.165) is 30.1 Å². The zero-order valence-corrected chi connectivity index (χ0v) is 16.6. The van der Waals surface area contributed by atoms with Crippen LogP contribution in [0.15, 0.2) is 44.0 Å². The fourth-order valence-corrected chi connectivity index (χ4v) is 5.15. The van der Waals surface area contributed by atoms with Crippen molar-refractivity contribution in [2.45, 2.75) is 77.6 Å². The van der Waals surface area contributed by atoms with Gasteiger partial charge in [0.25, 0.3) is 0 Å². The van der Waals surface area contributed by atoms with Crippen molar-refractivity contribution >= 4 is 0 Å². The largest absolute Gasteiger partial charge is 0.106 e. The Kier molecular flexibility index (Phi) is 8.00. The predicted octanol–water partition coefficient (Wildman–Crippen LogP) is 7.63. The first-order valence-corrected chi connectivity index (χ1v) is 10.4. The molecule has 0 aromatic heterocycles. The minimum Gasteiger partial charge on any atom is -0.106 e. The van der Waals surface area contributed by atoms with Gasteiger partial charge >= 0.3 is 0 Å². The summed E-state index contributed by atoms with van der Waals surface area (Å²) in [6, 6.07) is 7.25. The fraction of sp³-hybridized carbons (Fsp3) is 0.600. The van der Waals surface area contributed by atoms with E-state index < -0.39 is 0 Å². The summed E-state index contributed by atoms with van der Waals surface area (Å²) < 4.78 is 0.